The van der Waals surface area contributed by atoms with Gasteiger partial charge in [0, 0.05) is 30.5 Å². The Morgan fingerprint density at radius 2 is 2.15 bits per heavy atom. The summed E-state index contributed by atoms with van der Waals surface area (Å²) in [6.07, 6.45) is 3.65. The van der Waals surface area contributed by atoms with Gasteiger partial charge in [0.2, 0.25) is 0 Å². The van der Waals surface area contributed by atoms with Crippen LogP contribution in [0.3, 0.4) is 0 Å². The molecule has 1 aromatic rings. The molecule has 0 aliphatic heterocycles. The van der Waals surface area contributed by atoms with Crippen LogP contribution in [0.25, 0.3) is 0 Å². The van der Waals surface area contributed by atoms with Crippen molar-refractivity contribution in [3.63, 3.8) is 0 Å². The Hall–Kier alpha value is -0.540. The van der Waals surface area contributed by atoms with E-state index in [-0.39, 0.29) is 36.4 Å². The van der Waals surface area contributed by atoms with Gasteiger partial charge < -0.3 is 15.4 Å². The Labute approximate surface area is 178 Å². The smallest absolute Gasteiger partial charge is 0.191 e. The van der Waals surface area contributed by atoms with E-state index in [9.17, 15) is 4.39 Å². The number of methoxy groups -OCH3 is 1. The third-order valence-electron chi connectivity index (χ3n) is 4.30. The maximum atomic E-state index is 13.7. The van der Waals surface area contributed by atoms with Gasteiger partial charge in [-0.3, -0.25) is 0 Å². The number of guanidine groups is 1. The van der Waals surface area contributed by atoms with Crippen LogP contribution in [0.15, 0.2) is 23.2 Å². The molecule has 148 valence electrons. The molecule has 0 aromatic heterocycles. The van der Waals surface area contributed by atoms with Crippen LogP contribution in [0.2, 0.25) is 0 Å². The first-order valence-corrected chi connectivity index (χ1v) is 10.1. The van der Waals surface area contributed by atoms with E-state index in [1.165, 1.54) is 31.1 Å². The first kappa shape index (κ1) is 23.5. The summed E-state index contributed by atoms with van der Waals surface area (Å²) < 4.78 is 18.7. The lowest BCUT2D eigenvalue weighted by Gasteiger charge is -2.17. The van der Waals surface area contributed by atoms with Gasteiger partial charge in [-0.25, -0.2) is 9.38 Å². The monoisotopic (exact) mass is 495 g/mol. The summed E-state index contributed by atoms with van der Waals surface area (Å²) in [4.78, 5) is 4.67. The SMILES string of the molecule is CCNC(=NCc1ccc(F)c(COC)c1)NC1CCC(SCC)C1.I. The molecule has 2 N–H and O–H groups in total. The first-order valence-electron chi connectivity index (χ1n) is 9.08. The molecule has 1 aromatic carbocycles. The van der Waals surface area contributed by atoms with E-state index in [0.717, 1.165) is 23.3 Å². The topological polar surface area (TPSA) is 45.7 Å². The zero-order chi connectivity index (χ0) is 18.1. The fourth-order valence-corrected chi connectivity index (χ4v) is 4.28. The van der Waals surface area contributed by atoms with Crippen LogP contribution in [-0.4, -0.2) is 36.7 Å². The van der Waals surface area contributed by atoms with Crippen LogP contribution in [0.1, 0.15) is 44.2 Å². The predicted molar refractivity (Wildman–Crippen MR) is 120 cm³/mol. The zero-order valence-electron chi connectivity index (χ0n) is 15.9. The number of ether oxygens (including phenoxy) is 1. The molecule has 0 amide bonds. The van der Waals surface area contributed by atoms with Gasteiger partial charge in [-0.05, 0) is 49.6 Å². The Morgan fingerprint density at radius 1 is 1.35 bits per heavy atom. The molecule has 2 unspecified atom stereocenters. The maximum absolute atomic E-state index is 13.7. The molecule has 2 atom stereocenters. The number of aliphatic imine (C=N–C) groups is 1. The third-order valence-corrected chi connectivity index (χ3v) is 5.53. The van der Waals surface area contributed by atoms with Crippen molar-refractivity contribution in [1.29, 1.82) is 0 Å². The highest BCUT2D eigenvalue weighted by atomic mass is 127. The van der Waals surface area contributed by atoms with Crippen LogP contribution < -0.4 is 10.6 Å². The number of halogens is 2. The molecule has 1 saturated carbocycles. The van der Waals surface area contributed by atoms with Gasteiger partial charge in [0.15, 0.2) is 5.96 Å². The number of thioether (sulfide) groups is 1. The van der Waals surface area contributed by atoms with Crippen LogP contribution in [0.4, 0.5) is 4.39 Å². The van der Waals surface area contributed by atoms with Gasteiger partial charge in [-0.15, -0.1) is 24.0 Å². The average molecular weight is 495 g/mol. The standard InChI is InChI=1S/C19H30FN3OS.HI/c1-4-21-19(23-16-7-8-17(11-16)25-5-2)22-12-14-6-9-18(20)15(10-14)13-24-3;/h6,9-10,16-17H,4-5,7-8,11-13H2,1-3H3,(H2,21,22,23);1H. The Balaban J connectivity index is 0.00000338. The summed E-state index contributed by atoms with van der Waals surface area (Å²) >= 11 is 2.05. The summed E-state index contributed by atoms with van der Waals surface area (Å²) in [6.45, 7) is 5.91. The number of benzene rings is 1. The van der Waals surface area contributed by atoms with Crippen LogP contribution in [-0.2, 0) is 17.9 Å². The van der Waals surface area contributed by atoms with Crippen LogP contribution in [0, 0.1) is 5.82 Å². The normalized spacial score (nSPS) is 19.9. The van der Waals surface area contributed by atoms with Crippen molar-refractivity contribution in [3.05, 3.63) is 35.1 Å². The minimum absolute atomic E-state index is 0. The first-order chi connectivity index (χ1) is 12.2. The van der Waals surface area contributed by atoms with Crippen molar-refractivity contribution in [2.75, 3.05) is 19.4 Å². The second-order valence-corrected chi connectivity index (χ2v) is 7.86. The van der Waals surface area contributed by atoms with Gasteiger partial charge in [0.1, 0.15) is 5.82 Å². The second-order valence-electron chi connectivity index (χ2n) is 6.29. The van der Waals surface area contributed by atoms with Crippen LogP contribution in [0.5, 0.6) is 0 Å². The lowest BCUT2D eigenvalue weighted by atomic mass is 10.1. The molecule has 0 saturated heterocycles. The van der Waals surface area contributed by atoms with Crippen molar-refractivity contribution < 1.29 is 9.13 Å². The summed E-state index contributed by atoms with van der Waals surface area (Å²) in [5, 5.41) is 7.63. The maximum Gasteiger partial charge on any atom is 0.191 e. The number of rotatable bonds is 8. The molecule has 0 spiro atoms. The van der Waals surface area contributed by atoms with Gasteiger partial charge >= 0.3 is 0 Å². The second kappa shape index (κ2) is 12.8. The molecular weight excluding hydrogens is 464 g/mol. The van der Waals surface area contributed by atoms with E-state index < -0.39 is 0 Å². The van der Waals surface area contributed by atoms with Crippen molar-refractivity contribution >= 4 is 41.7 Å². The molecule has 26 heavy (non-hydrogen) atoms. The lowest BCUT2D eigenvalue weighted by molar-refractivity contribution is 0.181. The molecular formula is C19H31FIN3OS. The van der Waals surface area contributed by atoms with Gasteiger partial charge in [0.05, 0.1) is 13.2 Å². The minimum atomic E-state index is -0.231. The van der Waals surface area contributed by atoms with Gasteiger partial charge in [-0.1, -0.05) is 13.0 Å². The predicted octanol–water partition coefficient (Wildman–Crippen LogP) is 4.32. The molecule has 1 fully saturated rings. The summed E-state index contributed by atoms with van der Waals surface area (Å²) in [5.74, 6) is 1.79. The quantitative estimate of drug-likeness (QED) is 0.321. The highest BCUT2D eigenvalue weighted by molar-refractivity contribution is 14.0. The Kier molecular flexibility index (Phi) is 11.5. The fourth-order valence-electron chi connectivity index (χ4n) is 3.13. The fraction of sp³-hybridized carbons (Fsp3) is 0.632. The largest absolute Gasteiger partial charge is 0.380 e. The summed E-state index contributed by atoms with van der Waals surface area (Å²) in [6, 6.07) is 5.59. The molecule has 0 bridgehead atoms. The van der Waals surface area contributed by atoms with Crippen molar-refractivity contribution in [1.82, 2.24) is 10.6 Å². The Morgan fingerprint density at radius 3 is 2.85 bits per heavy atom. The van der Waals surface area contributed by atoms with E-state index in [1.54, 1.807) is 13.2 Å². The lowest BCUT2D eigenvalue weighted by Crippen LogP contribution is -2.42. The van der Waals surface area contributed by atoms with Crippen molar-refractivity contribution in [2.45, 2.75) is 57.6 Å². The van der Waals surface area contributed by atoms with E-state index >= 15 is 0 Å². The zero-order valence-corrected chi connectivity index (χ0v) is 19.0. The van der Waals surface area contributed by atoms with Gasteiger partial charge in [0.25, 0.3) is 0 Å². The number of nitrogens with one attached hydrogen (secondary N) is 2. The number of nitrogens with zero attached hydrogens (tertiary/aromatic N) is 1. The molecule has 0 radical (unpaired) electrons. The molecule has 2 rings (SSSR count). The molecule has 0 heterocycles. The molecule has 4 nitrogen and oxygen atoms in total. The van der Waals surface area contributed by atoms with E-state index in [4.69, 9.17) is 4.74 Å². The van der Waals surface area contributed by atoms with Crippen LogP contribution >= 0.6 is 35.7 Å². The number of hydrogen-bond donors (Lipinski definition) is 2. The van der Waals surface area contributed by atoms with Crippen molar-refractivity contribution in [2.24, 2.45) is 4.99 Å². The van der Waals surface area contributed by atoms with E-state index in [2.05, 4.69) is 41.2 Å². The summed E-state index contributed by atoms with van der Waals surface area (Å²) in [7, 11) is 1.57. The molecule has 1 aliphatic carbocycles. The average Bonchev–Trinajstić information content (AvgIpc) is 3.03. The number of hydrogen-bond acceptors (Lipinski definition) is 3. The van der Waals surface area contributed by atoms with E-state index in [1.807, 2.05) is 6.07 Å². The minimum Gasteiger partial charge on any atom is -0.380 e. The summed E-state index contributed by atoms with van der Waals surface area (Å²) in [5.41, 5.74) is 1.56. The highest BCUT2D eigenvalue weighted by Gasteiger charge is 2.25. The highest BCUT2D eigenvalue weighted by Crippen LogP contribution is 2.29. The molecule has 1 aliphatic rings. The van der Waals surface area contributed by atoms with Crippen molar-refractivity contribution in [3.8, 4) is 0 Å². The van der Waals surface area contributed by atoms with Gasteiger partial charge in [-0.2, -0.15) is 11.8 Å². The van der Waals surface area contributed by atoms with E-state index in [0.29, 0.717) is 18.2 Å². The Bertz CT molecular complexity index is 574. The third kappa shape index (κ3) is 7.60. The molecule has 7 heteroatoms.